The summed E-state index contributed by atoms with van der Waals surface area (Å²) in [6, 6.07) is 3.25. The van der Waals surface area contributed by atoms with Crippen LogP contribution in [-0.2, 0) is 5.41 Å². The van der Waals surface area contributed by atoms with E-state index in [0.29, 0.717) is 5.75 Å². The maximum absolute atomic E-state index is 9.97. The molecule has 15 heavy (non-hydrogen) atoms. The first-order valence-corrected chi connectivity index (χ1v) is 5.41. The average molecular weight is 208 g/mol. The molecule has 0 aliphatic heterocycles. The van der Waals surface area contributed by atoms with Gasteiger partial charge in [-0.15, -0.1) is 0 Å². The van der Waals surface area contributed by atoms with Crippen molar-refractivity contribution in [1.82, 2.24) is 0 Å². The van der Waals surface area contributed by atoms with Gasteiger partial charge in [0.2, 0.25) is 0 Å². The van der Waals surface area contributed by atoms with Crippen LogP contribution in [0.25, 0.3) is 0 Å². The van der Waals surface area contributed by atoms with Crippen LogP contribution in [0.15, 0.2) is 12.1 Å². The molecule has 2 N–H and O–H groups in total. The first-order chi connectivity index (χ1) is 6.88. The highest BCUT2D eigenvalue weighted by Crippen LogP contribution is 2.38. The number of hydrogen-bond acceptors (Lipinski definition) is 2. The van der Waals surface area contributed by atoms with Crippen molar-refractivity contribution in [2.45, 2.75) is 46.0 Å². The van der Waals surface area contributed by atoms with Gasteiger partial charge in [0.05, 0.1) is 0 Å². The molecule has 0 amide bonds. The van der Waals surface area contributed by atoms with E-state index < -0.39 is 0 Å². The van der Waals surface area contributed by atoms with Crippen molar-refractivity contribution in [3.63, 3.8) is 0 Å². The summed E-state index contributed by atoms with van der Waals surface area (Å²) in [4.78, 5) is 0. The van der Waals surface area contributed by atoms with Gasteiger partial charge in [0, 0.05) is 5.56 Å². The lowest BCUT2D eigenvalue weighted by Crippen LogP contribution is -2.17. The molecule has 0 atom stereocenters. The predicted molar refractivity (Wildman–Crippen MR) is 62.4 cm³/mol. The molecule has 0 aromatic heterocycles. The summed E-state index contributed by atoms with van der Waals surface area (Å²) in [5.41, 5.74) is 1.47. The van der Waals surface area contributed by atoms with Gasteiger partial charge in [-0.25, -0.2) is 0 Å². The van der Waals surface area contributed by atoms with Crippen LogP contribution in [0.3, 0.4) is 0 Å². The summed E-state index contributed by atoms with van der Waals surface area (Å²) in [5.74, 6) is 0.538. The van der Waals surface area contributed by atoms with Gasteiger partial charge in [-0.1, -0.05) is 27.2 Å². The van der Waals surface area contributed by atoms with Crippen LogP contribution in [-0.4, -0.2) is 10.2 Å². The third kappa shape index (κ3) is 2.44. The van der Waals surface area contributed by atoms with E-state index >= 15 is 0 Å². The average Bonchev–Trinajstić information content (AvgIpc) is 2.11. The molecular formula is C13H20O2. The number of phenolic OH excluding ortho intramolecular Hbond substituents is 2. The number of benzene rings is 1. The van der Waals surface area contributed by atoms with Gasteiger partial charge in [-0.3, -0.25) is 0 Å². The van der Waals surface area contributed by atoms with Gasteiger partial charge in [-0.2, -0.15) is 0 Å². The Kier molecular flexibility index (Phi) is 3.28. The van der Waals surface area contributed by atoms with Crippen molar-refractivity contribution in [1.29, 1.82) is 0 Å². The van der Waals surface area contributed by atoms with E-state index in [1.54, 1.807) is 19.1 Å². The summed E-state index contributed by atoms with van der Waals surface area (Å²) in [6.07, 6.45) is 2.05. The lowest BCUT2D eigenvalue weighted by molar-refractivity contribution is 0.407. The molecule has 0 saturated carbocycles. The highest BCUT2D eigenvalue weighted by molar-refractivity contribution is 5.48. The topological polar surface area (TPSA) is 40.5 Å². The monoisotopic (exact) mass is 208 g/mol. The predicted octanol–water partition coefficient (Wildman–Crippen LogP) is 3.48. The molecule has 0 fully saturated rings. The largest absolute Gasteiger partial charge is 0.508 e. The Hall–Kier alpha value is -1.18. The molecule has 1 aromatic rings. The highest BCUT2D eigenvalue weighted by Gasteiger charge is 2.24. The number of phenols is 2. The zero-order chi connectivity index (χ0) is 11.6. The van der Waals surface area contributed by atoms with Gasteiger partial charge in [0.1, 0.15) is 11.5 Å². The van der Waals surface area contributed by atoms with Crippen LogP contribution in [0.2, 0.25) is 0 Å². The minimum Gasteiger partial charge on any atom is -0.508 e. The normalized spacial score (nSPS) is 11.7. The Morgan fingerprint density at radius 3 is 2.33 bits per heavy atom. The third-order valence-corrected chi connectivity index (χ3v) is 2.89. The van der Waals surface area contributed by atoms with Crippen molar-refractivity contribution in [2.75, 3.05) is 0 Å². The van der Waals surface area contributed by atoms with Gasteiger partial charge < -0.3 is 10.2 Å². The molecule has 0 radical (unpaired) electrons. The molecule has 0 aliphatic rings. The van der Waals surface area contributed by atoms with Crippen molar-refractivity contribution in [3.8, 4) is 11.5 Å². The number of rotatable bonds is 3. The SMILES string of the molecule is CCCC(C)(C)c1cc(O)cc(C)c1O. The number of aryl methyl sites for hydroxylation is 1. The zero-order valence-electron chi connectivity index (χ0n) is 9.96. The van der Waals surface area contributed by atoms with Gasteiger partial charge in [0.15, 0.2) is 0 Å². The Morgan fingerprint density at radius 2 is 1.80 bits per heavy atom. The summed E-state index contributed by atoms with van der Waals surface area (Å²) < 4.78 is 0. The van der Waals surface area contributed by atoms with E-state index in [9.17, 15) is 10.2 Å². The molecule has 0 unspecified atom stereocenters. The number of hydrogen-bond donors (Lipinski definition) is 2. The molecule has 0 heterocycles. The molecule has 0 bridgehead atoms. The fraction of sp³-hybridized carbons (Fsp3) is 0.538. The Bertz CT molecular complexity index is 354. The molecule has 0 aliphatic carbocycles. The maximum Gasteiger partial charge on any atom is 0.122 e. The van der Waals surface area contributed by atoms with E-state index in [1.165, 1.54) is 0 Å². The molecule has 84 valence electrons. The second kappa shape index (κ2) is 4.13. The highest BCUT2D eigenvalue weighted by atomic mass is 16.3. The maximum atomic E-state index is 9.97. The fourth-order valence-corrected chi connectivity index (χ4v) is 2.04. The van der Waals surface area contributed by atoms with Gasteiger partial charge in [0.25, 0.3) is 0 Å². The third-order valence-electron chi connectivity index (χ3n) is 2.89. The summed E-state index contributed by atoms with van der Waals surface area (Å²) >= 11 is 0. The first-order valence-electron chi connectivity index (χ1n) is 5.41. The van der Waals surface area contributed by atoms with E-state index in [2.05, 4.69) is 20.8 Å². The van der Waals surface area contributed by atoms with Crippen molar-refractivity contribution in [3.05, 3.63) is 23.3 Å². The minimum atomic E-state index is -0.0949. The summed E-state index contributed by atoms with van der Waals surface area (Å²) in [7, 11) is 0. The van der Waals surface area contributed by atoms with E-state index in [1.807, 2.05) is 0 Å². The second-order valence-corrected chi connectivity index (χ2v) is 4.79. The van der Waals surface area contributed by atoms with E-state index in [-0.39, 0.29) is 11.2 Å². The molecule has 2 nitrogen and oxygen atoms in total. The molecular weight excluding hydrogens is 188 g/mol. The number of aromatic hydroxyl groups is 2. The van der Waals surface area contributed by atoms with Crippen LogP contribution in [0.4, 0.5) is 0 Å². The summed E-state index contributed by atoms with van der Waals surface area (Å²) in [5, 5.41) is 19.5. The van der Waals surface area contributed by atoms with Crippen LogP contribution in [0, 0.1) is 6.92 Å². The van der Waals surface area contributed by atoms with Crippen LogP contribution < -0.4 is 0 Å². The first kappa shape index (κ1) is 11.9. The van der Waals surface area contributed by atoms with Crippen LogP contribution in [0.5, 0.6) is 11.5 Å². The van der Waals surface area contributed by atoms with Crippen LogP contribution >= 0.6 is 0 Å². The van der Waals surface area contributed by atoms with Crippen LogP contribution in [0.1, 0.15) is 44.7 Å². The molecule has 1 rings (SSSR count). The molecule has 0 spiro atoms. The minimum absolute atomic E-state index is 0.0949. The fourth-order valence-electron chi connectivity index (χ4n) is 2.04. The zero-order valence-corrected chi connectivity index (χ0v) is 9.96. The van der Waals surface area contributed by atoms with E-state index in [4.69, 9.17) is 0 Å². The molecule has 2 heteroatoms. The van der Waals surface area contributed by atoms with Crippen molar-refractivity contribution in [2.24, 2.45) is 0 Å². The molecule has 0 saturated heterocycles. The Labute approximate surface area is 91.6 Å². The quantitative estimate of drug-likeness (QED) is 0.746. The van der Waals surface area contributed by atoms with Crippen molar-refractivity contribution < 1.29 is 10.2 Å². The van der Waals surface area contributed by atoms with Gasteiger partial charge in [-0.05, 0) is 36.5 Å². The van der Waals surface area contributed by atoms with Gasteiger partial charge >= 0.3 is 0 Å². The lowest BCUT2D eigenvalue weighted by atomic mass is 9.79. The Morgan fingerprint density at radius 1 is 1.20 bits per heavy atom. The standard InChI is InChI=1S/C13H20O2/c1-5-6-13(3,4)11-8-10(14)7-9(2)12(11)15/h7-8,14-15H,5-6H2,1-4H3. The van der Waals surface area contributed by atoms with E-state index in [0.717, 1.165) is 24.0 Å². The molecule has 1 aromatic carbocycles. The van der Waals surface area contributed by atoms with Crippen molar-refractivity contribution >= 4 is 0 Å². The Balaban J connectivity index is 3.24. The second-order valence-electron chi connectivity index (χ2n) is 4.79. The summed E-state index contributed by atoms with van der Waals surface area (Å²) in [6.45, 7) is 8.10. The lowest BCUT2D eigenvalue weighted by Gasteiger charge is -2.26. The smallest absolute Gasteiger partial charge is 0.122 e.